The molecule has 0 saturated carbocycles. The Morgan fingerprint density at radius 3 is 2.34 bits per heavy atom. The third kappa shape index (κ3) is 8.40. The topological polar surface area (TPSA) is 115 Å². The first kappa shape index (κ1) is 29.6. The number of aryl methyl sites for hydroxylation is 1. The molecule has 10 heteroatoms. The molecule has 184 valence electrons. The fourth-order valence-corrected chi connectivity index (χ4v) is 3.23. The van der Waals surface area contributed by atoms with Gasteiger partial charge in [-0.3, -0.25) is 4.98 Å². The third-order valence-electron chi connectivity index (χ3n) is 4.89. The highest BCUT2D eigenvalue weighted by atomic mass is 35.5. The van der Waals surface area contributed by atoms with Gasteiger partial charge in [-0.05, 0) is 54.5 Å². The van der Waals surface area contributed by atoms with Crippen molar-refractivity contribution in [3.05, 3.63) is 95.1 Å². The first-order valence-corrected chi connectivity index (χ1v) is 10.3. The second-order valence-corrected chi connectivity index (χ2v) is 7.45. The molecule has 0 saturated heterocycles. The van der Waals surface area contributed by atoms with E-state index >= 15 is 0 Å². The summed E-state index contributed by atoms with van der Waals surface area (Å²) in [5.74, 6) is 1.51. The number of anilines is 1. The molecule has 0 amide bonds. The van der Waals surface area contributed by atoms with E-state index in [9.17, 15) is 0 Å². The van der Waals surface area contributed by atoms with Crippen molar-refractivity contribution in [3.63, 3.8) is 0 Å². The molecule has 35 heavy (non-hydrogen) atoms. The van der Waals surface area contributed by atoms with Crippen molar-refractivity contribution in [1.29, 1.82) is 0 Å². The first-order chi connectivity index (χ1) is 15.6. The Morgan fingerprint density at radius 2 is 1.66 bits per heavy atom. The number of pyridine rings is 1. The van der Waals surface area contributed by atoms with Gasteiger partial charge in [0, 0.05) is 18.1 Å². The number of benzene rings is 2. The van der Waals surface area contributed by atoms with Gasteiger partial charge in [0.1, 0.15) is 5.82 Å². The number of halogens is 3. The van der Waals surface area contributed by atoms with E-state index in [1.165, 1.54) is 0 Å². The quantitative estimate of drug-likeness (QED) is 0.224. The molecule has 0 spiro atoms. The Kier molecular flexibility index (Phi) is 12.0. The van der Waals surface area contributed by atoms with Crippen LogP contribution in [0.5, 0.6) is 0 Å². The highest BCUT2D eigenvalue weighted by Crippen LogP contribution is 2.23. The molecule has 2 aromatic carbocycles. The average Bonchev–Trinajstić information content (AvgIpc) is 2.81. The Bertz CT molecular complexity index is 1270. The molecule has 0 radical (unpaired) electrons. The van der Waals surface area contributed by atoms with Gasteiger partial charge in [0.2, 0.25) is 0 Å². The lowest BCUT2D eigenvalue weighted by Gasteiger charge is -2.11. The highest BCUT2D eigenvalue weighted by molar-refractivity contribution is 5.90. The van der Waals surface area contributed by atoms with Crippen molar-refractivity contribution in [2.75, 3.05) is 5.32 Å². The van der Waals surface area contributed by atoms with Crippen LogP contribution < -0.4 is 16.8 Å². The normalized spacial score (nSPS) is 10.1. The zero-order valence-electron chi connectivity index (χ0n) is 19.1. The van der Waals surface area contributed by atoms with Gasteiger partial charge in [-0.1, -0.05) is 42.0 Å². The second-order valence-electron chi connectivity index (χ2n) is 7.45. The lowest BCUT2D eigenvalue weighted by atomic mass is 10.1. The van der Waals surface area contributed by atoms with E-state index in [0.29, 0.717) is 18.9 Å². The van der Waals surface area contributed by atoms with E-state index in [1.54, 1.807) is 6.20 Å². The maximum Gasteiger partial charge on any atom is 0.186 e. The van der Waals surface area contributed by atoms with Crippen LogP contribution in [0, 0.1) is 6.92 Å². The van der Waals surface area contributed by atoms with E-state index in [0.717, 1.165) is 39.1 Å². The smallest absolute Gasteiger partial charge is 0.186 e. The Morgan fingerprint density at radius 1 is 0.914 bits per heavy atom. The van der Waals surface area contributed by atoms with Gasteiger partial charge in [-0.25, -0.2) is 15.0 Å². The predicted molar refractivity (Wildman–Crippen MR) is 152 cm³/mol. The number of aromatic nitrogens is 3. The molecule has 0 bridgehead atoms. The molecule has 5 N–H and O–H groups in total. The summed E-state index contributed by atoms with van der Waals surface area (Å²) >= 11 is 0. The summed E-state index contributed by atoms with van der Waals surface area (Å²) in [6.45, 7) is 3.16. The summed E-state index contributed by atoms with van der Waals surface area (Å²) < 4.78 is 0. The summed E-state index contributed by atoms with van der Waals surface area (Å²) in [6.07, 6.45) is 5.55. The molecular formula is C25H28Cl3N7. The van der Waals surface area contributed by atoms with E-state index in [2.05, 4.69) is 46.5 Å². The van der Waals surface area contributed by atoms with Crippen LogP contribution in [0.25, 0.3) is 23.1 Å². The Hall–Kier alpha value is -3.39. The monoisotopic (exact) mass is 531 g/mol. The van der Waals surface area contributed by atoms with Crippen LogP contribution in [-0.4, -0.2) is 20.9 Å². The summed E-state index contributed by atoms with van der Waals surface area (Å²) in [6, 6.07) is 20.1. The van der Waals surface area contributed by atoms with Crippen LogP contribution in [0.1, 0.15) is 28.2 Å². The van der Waals surface area contributed by atoms with Crippen molar-refractivity contribution < 1.29 is 0 Å². The van der Waals surface area contributed by atoms with Gasteiger partial charge in [-0.2, -0.15) is 0 Å². The standard InChI is InChI=1S/C25H25N7.3ClH/c1-17-5-11-22-21(14-17)24(32-23(31-22)12-10-20-4-2-3-13-28-20)29-15-18-6-8-19(9-7-18)16-30-25(26)27;;;/h2-14H,15-16H2,1H3,(H4,26,27,30)(H,29,31,32);3*1H/b12-10+;;;. The van der Waals surface area contributed by atoms with E-state index in [1.807, 2.05) is 48.6 Å². The first-order valence-electron chi connectivity index (χ1n) is 10.3. The number of nitrogens with two attached hydrogens (primary N) is 2. The number of rotatable bonds is 7. The van der Waals surface area contributed by atoms with E-state index < -0.39 is 0 Å². The zero-order valence-corrected chi connectivity index (χ0v) is 21.5. The second kappa shape index (κ2) is 14.1. The summed E-state index contributed by atoms with van der Waals surface area (Å²) in [5.41, 5.74) is 15.9. The fourth-order valence-electron chi connectivity index (χ4n) is 3.23. The van der Waals surface area contributed by atoms with Gasteiger partial charge in [0.05, 0.1) is 17.8 Å². The van der Waals surface area contributed by atoms with Crippen molar-refractivity contribution in [2.45, 2.75) is 20.0 Å². The van der Waals surface area contributed by atoms with Gasteiger partial charge in [0.15, 0.2) is 11.8 Å². The molecule has 0 unspecified atom stereocenters. The number of nitrogens with zero attached hydrogens (tertiary/aromatic N) is 4. The van der Waals surface area contributed by atoms with Crippen molar-refractivity contribution in [2.24, 2.45) is 16.5 Å². The molecular weight excluding hydrogens is 505 g/mol. The Labute approximate surface area is 223 Å². The molecule has 0 aliphatic heterocycles. The van der Waals surface area contributed by atoms with E-state index in [-0.39, 0.29) is 43.2 Å². The average molecular weight is 533 g/mol. The maximum absolute atomic E-state index is 5.40. The van der Waals surface area contributed by atoms with Gasteiger partial charge < -0.3 is 16.8 Å². The van der Waals surface area contributed by atoms with Crippen LogP contribution in [0.4, 0.5) is 5.82 Å². The van der Waals surface area contributed by atoms with E-state index in [4.69, 9.17) is 21.4 Å². The summed E-state index contributed by atoms with van der Waals surface area (Å²) in [4.78, 5) is 17.8. The lowest BCUT2D eigenvalue weighted by Crippen LogP contribution is -2.22. The number of hydrogen-bond acceptors (Lipinski definition) is 5. The number of hydrogen-bond donors (Lipinski definition) is 3. The van der Waals surface area contributed by atoms with Crippen molar-refractivity contribution in [1.82, 2.24) is 15.0 Å². The molecule has 4 rings (SSSR count). The Balaban J connectivity index is 0.00000204. The zero-order chi connectivity index (χ0) is 22.3. The maximum atomic E-state index is 5.40. The molecule has 0 atom stereocenters. The third-order valence-corrected chi connectivity index (χ3v) is 4.89. The highest BCUT2D eigenvalue weighted by Gasteiger charge is 2.07. The minimum absolute atomic E-state index is 0. The fraction of sp³-hybridized carbons (Fsp3) is 0.120. The number of guanidine groups is 1. The van der Waals surface area contributed by atoms with Gasteiger partial charge >= 0.3 is 0 Å². The molecule has 0 aliphatic rings. The molecule has 0 fully saturated rings. The van der Waals surface area contributed by atoms with Crippen LogP contribution >= 0.6 is 37.2 Å². The molecule has 0 aliphatic carbocycles. The number of fused-ring (bicyclic) bond motifs is 1. The van der Waals surface area contributed by atoms with Gasteiger partial charge in [-0.15, -0.1) is 37.2 Å². The number of aliphatic imine (C=N–C) groups is 1. The SMILES string of the molecule is Cc1ccc2nc(/C=C/c3ccccn3)nc(NCc3ccc(CN=C(N)N)cc3)c2c1.Cl.Cl.Cl. The van der Waals surface area contributed by atoms with Crippen molar-refractivity contribution in [3.8, 4) is 0 Å². The van der Waals surface area contributed by atoms with Crippen LogP contribution in [-0.2, 0) is 13.1 Å². The minimum Gasteiger partial charge on any atom is -0.370 e. The van der Waals surface area contributed by atoms with Crippen molar-refractivity contribution >= 4 is 72.1 Å². The minimum atomic E-state index is 0. The summed E-state index contributed by atoms with van der Waals surface area (Å²) in [5, 5.41) is 4.46. The molecule has 2 aromatic heterocycles. The summed E-state index contributed by atoms with van der Waals surface area (Å²) in [7, 11) is 0. The van der Waals surface area contributed by atoms with Crippen LogP contribution in [0.3, 0.4) is 0 Å². The van der Waals surface area contributed by atoms with Crippen LogP contribution in [0.15, 0.2) is 71.9 Å². The molecule has 4 aromatic rings. The van der Waals surface area contributed by atoms with Crippen LogP contribution in [0.2, 0.25) is 0 Å². The van der Waals surface area contributed by atoms with Gasteiger partial charge in [0.25, 0.3) is 0 Å². The molecule has 7 nitrogen and oxygen atoms in total. The number of nitrogens with one attached hydrogen (secondary N) is 1. The largest absolute Gasteiger partial charge is 0.370 e. The molecule has 2 heterocycles. The lowest BCUT2D eigenvalue weighted by molar-refractivity contribution is 1.04. The predicted octanol–water partition coefficient (Wildman–Crippen LogP) is 5.15.